The van der Waals surface area contributed by atoms with E-state index in [-0.39, 0.29) is 34.8 Å². The number of carbonyl (C=O) groups excluding carboxylic acids is 2. The summed E-state index contributed by atoms with van der Waals surface area (Å²) in [6.07, 6.45) is -8.08. The third kappa shape index (κ3) is 6.00. The molecule has 3 N–H and O–H groups in total. The molecule has 14 nitrogen and oxygen atoms in total. The van der Waals surface area contributed by atoms with Crippen LogP contribution in [-0.2, 0) is 15.9 Å². The predicted molar refractivity (Wildman–Crippen MR) is 109 cm³/mol. The molecule has 0 radical (unpaired) electrons. The molecule has 2 atom stereocenters. The van der Waals surface area contributed by atoms with Gasteiger partial charge in [-0.3, -0.25) is 0 Å². The minimum absolute atomic E-state index is 0.0483. The van der Waals surface area contributed by atoms with Gasteiger partial charge in [0.15, 0.2) is 11.5 Å². The second kappa shape index (κ2) is 10.5. The third-order valence-electron chi connectivity index (χ3n) is 4.58. The van der Waals surface area contributed by atoms with Crippen LogP contribution in [0.25, 0.3) is 0 Å². The maximum atomic E-state index is 11.7. The van der Waals surface area contributed by atoms with Crippen LogP contribution in [0.2, 0.25) is 0 Å². The molecule has 186 valence electrons. The van der Waals surface area contributed by atoms with E-state index < -0.39 is 48.3 Å². The highest BCUT2D eigenvalue weighted by atomic mass is 16.7. The van der Waals surface area contributed by atoms with Gasteiger partial charge in [0, 0.05) is 24.1 Å². The lowest BCUT2D eigenvalue weighted by Gasteiger charge is -2.32. The number of carbonyl (C=O) groups is 4. The number of benzene rings is 2. The lowest BCUT2D eigenvalue weighted by Crippen LogP contribution is -2.31. The first-order chi connectivity index (χ1) is 16.6. The van der Waals surface area contributed by atoms with E-state index in [2.05, 4.69) is 18.9 Å². The quantitative estimate of drug-likeness (QED) is 0.405. The molecule has 1 aliphatic rings. The molecule has 14 heteroatoms. The Kier molecular flexibility index (Phi) is 7.46. The minimum Gasteiger partial charge on any atom is -0.482 e. The predicted octanol–water partition coefficient (Wildman–Crippen LogP) is 3.13. The molecule has 2 aromatic rings. The number of aliphatic hydroxyl groups excluding tert-OH is 1. The van der Waals surface area contributed by atoms with Crippen molar-refractivity contribution in [3.8, 4) is 28.7 Å². The van der Waals surface area contributed by atoms with Crippen LogP contribution in [0.5, 0.6) is 28.7 Å². The van der Waals surface area contributed by atoms with Crippen LogP contribution in [0.1, 0.15) is 17.2 Å². The summed E-state index contributed by atoms with van der Waals surface area (Å²) in [5.74, 6) is -1.06. The first-order valence-corrected chi connectivity index (χ1v) is 9.60. The van der Waals surface area contributed by atoms with Gasteiger partial charge in [-0.2, -0.15) is 0 Å². The van der Waals surface area contributed by atoms with Crippen molar-refractivity contribution in [2.45, 2.75) is 18.6 Å². The summed E-state index contributed by atoms with van der Waals surface area (Å²) in [6.45, 7) is 0. The van der Waals surface area contributed by atoms with Gasteiger partial charge in [0.1, 0.15) is 23.4 Å². The second-order valence-corrected chi connectivity index (χ2v) is 6.76. The van der Waals surface area contributed by atoms with Gasteiger partial charge in [-0.25, -0.2) is 19.2 Å². The van der Waals surface area contributed by atoms with E-state index in [1.807, 2.05) is 0 Å². The van der Waals surface area contributed by atoms with Crippen molar-refractivity contribution in [2.24, 2.45) is 0 Å². The van der Waals surface area contributed by atoms with Crippen LogP contribution in [0.15, 0.2) is 30.3 Å². The maximum absolute atomic E-state index is 11.7. The molecule has 0 saturated carbocycles. The number of hydrogen-bond donors (Lipinski definition) is 3. The standard InChI is InChI=1S/C21H18O14/c1-29-20(27)31-10-6-14-11(15(7-10)35-21(28)30-2)8-12(22)17(32-14)9-3-4-13(33-18(23)24)16(5-9)34-19(25)26/h3-7,12,17,22H,8H2,1-2H3,(H,23,24)(H,25,26)/t12-,17-/m1/s1. The fourth-order valence-electron chi connectivity index (χ4n) is 3.20. The van der Waals surface area contributed by atoms with Gasteiger partial charge < -0.3 is 48.5 Å². The maximum Gasteiger partial charge on any atom is 0.513 e. The van der Waals surface area contributed by atoms with Crippen molar-refractivity contribution < 1.29 is 67.7 Å². The Morgan fingerprint density at radius 1 is 0.829 bits per heavy atom. The van der Waals surface area contributed by atoms with Gasteiger partial charge in [0.05, 0.1) is 20.3 Å². The number of rotatable bonds is 5. The summed E-state index contributed by atoms with van der Waals surface area (Å²) in [6, 6.07) is 6.04. The molecule has 0 fully saturated rings. The third-order valence-corrected chi connectivity index (χ3v) is 4.58. The van der Waals surface area contributed by atoms with Crippen molar-refractivity contribution in [1.82, 2.24) is 0 Å². The average molecular weight is 494 g/mol. The van der Waals surface area contributed by atoms with Crippen LogP contribution >= 0.6 is 0 Å². The van der Waals surface area contributed by atoms with E-state index in [4.69, 9.17) is 24.4 Å². The number of ether oxygens (including phenoxy) is 7. The van der Waals surface area contributed by atoms with E-state index in [0.717, 1.165) is 26.4 Å². The van der Waals surface area contributed by atoms with Crippen molar-refractivity contribution in [1.29, 1.82) is 0 Å². The molecule has 0 saturated heterocycles. The monoisotopic (exact) mass is 494 g/mol. The van der Waals surface area contributed by atoms with Gasteiger partial charge in [0.2, 0.25) is 0 Å². The summed E-state index contributed by atoms with van der Waals surface area (Å²) in [5.41, 5.74) is 0.427. The Morgan fingerprint density at radius 3 is 2.09 bits per heavy atom. The number of carboxylic acid groups (broad SMARTS) is 2. The van der Waals surface area contributed by atoms with E-state index in [0.29, 0.717) is 0 Å². The van der Waals surface area contributed by atoms with Crippen LogP contribution in [0, 0.1) is 0 Å². The van der Waals surface area contributed by atoms with E-state index in [1.165, 1.54) is 18.2 Å². The van der Waals surface area contributed by atoms with Crippen molar-refractivity contribution in [3.05, 3.63) is 41.5 Å². The lowest BCUT2D eigenvalue weighted by atomic mass is 9.94. The fourth-order valence-corrected chi connectivity index (χ4v) is 3.20. The highest BCUT2D eigenvalue weighted by Crippen LogP contribution is 2.44. The number of aliphatic hydroxyl groups is 1. The Balaban J connectivity index is 2.01. The van der Waals surface area contributed by atoms with Crippen molar-refractivity contribution in [2.75, 3.05) is 14.2 Å². The lowest BCUT2D eigenvalue weighted by molar-refractivity contribution is 0.0193. The Labute approximate surface area is 196 Å². The molecule has 0 aliphatic carbocycles. The smallest absolute Gasteiger partial charge is 0.482 e. The summed E-state index contributed by atoms with van der Waals surface area (Å²) >= 11 is 0. The second-order valence-electron chi connectivity index (χ2n) is 6.76. The number of hydrogen-bond acceptors (Lipinski definition) is 12. The van der Waals surface area contributed by atoms with Crippen LogP contribution in [0.3, 0.4) is 0 Å². The topological polar surface area (TPSA) is 194 Å². The van der Waals surface area contributed by atoms with Gasteiger partial charge in [-0.15, -0.1) is 0 Å². The number of fused-ring (bicyclic) bond motifs is 1. The van der Waals surface area contributed by atoms with Crippen LogP contribution in [-0.4, -0.2) is 60.3 Å². The first-order valence-electron chi connectivity index (χ1n) is 9.60. The van der Waals surface area contributed by atoms with Gasteiger partial charge in [-0.1, -0.05) is 6.07 Å². The highest BCUT2D eigenvalue weighted by Gasteiger charge is 2.34. The average Bonchev–Trinajstić information content (AvgIpc) is 2.79. The first kappa shape index (κ1) is 24.9. The molecule has 0 aromatic heterocycles. The molecule has 35 heavy (non-hydrogen) atoms. The van der Waals surface area contributed by atoms with Crippen LogP contribution < -0.4 is 23.7 Å². The molecular weight excluding hydrogens is 476 g/mol. The molecule has 0 spiro atoms. The fraction of sp³-hybridized carbons (Fsp3) is 0.238. The largest absolute Gasteiger partial charge is 0.513 e. The van der Waals surface area contributed by atoms with Crippen molar-refractivity contribution >= 4 is 24.6 Å². The van der Waals surface area contributed by atoms with Crippen molar-refractivity contribution in [3.63, 3.8) is 0 Å². The molecule has 1 heterocycles. The molecule has 0 unspecified atom stereocenters. The molecule has 2 aromatic carbocycles. The van der Waals surface area contributed by atoms with Gasteiger partial charge >= 0.3 is 24.6 Å². The zero-order chi connectivity index (χ0) is 25.7. The Bertz CT molecular complexity index is 1160. The summed E-state index contributed by atoms with van der Waals surface area (Å²) in [4.78, 5) is 45.1. The summed E-state index contributed by atoms with van der Waals surface area (Å²) in [5, 5.41) is 28.5. The zero-order valence-electron chi connectivity index (χ0n) is 18.1. The van der Waals surface area contributed by atoms with E-state index in [1.54, 1.807) is 0 Å². The van der Waals surface area contributed by atoms with E-state index in [9.17, 15) is 24.3 Å². The van der Waals surface area contributed by atoms with Gasteiger partial charge in [0.25, 0.3) is 0 Å². The molecule has 0 bridgehead atoms. The van der Waals surface area contributed by atoms with Gasteiger partial charge in [-0.05, 0) is 17.7 Å². The molecular formula is C21H18O14. The normalized spacial score (nSPS) is 16.1. The minimum atomic E-state index is -1.73. The molecule has 3 rings (SSSR count). The van der Waals surface area contributed by atoms with Crippen LogP contribution in [0.4, 0.5) is 19.2 Å². The SMILES string of the molecule is COC(=O)Oc1cc(OC(=O)OC)c2c(c1)O[C@H](c1ccc(OC(=O)O)c(OC(=O)O)c1)[C@H](O)C2. The highest BCUT2D eigenvalue weighted by molar-refractivity contribution is 5.69. The zero-order valence-corrected chi connectivity index (χ0v) is 18.1. The summed E-state index contributed by atoms with van der Waals surface area (Å²) < 4.78 is 33.9. The summed E-state index contributed by atoms with van der Waals surface area (Å²) in [7, 11) is 2.17. The molecule has 0 amide bonds. The Morgan fingerprint density at radius 2 is 1.46 bits per heavy atom. The number of methoxy groups -OCH3 is 2. The Hall–Kier alpha value is -4.72. The van der Waals surface area contributed by atoms with E-state index >= 15 is 0 Å². The molecule has 1 aliphatic heterocycles.